The molecule has 20 heavy (non-hydrogen) atoms. The normalized spacial score (nSPS) is 19.8. The van der Waals surface area contributed by atoms with E-state index in [0.29, 0.717) is 13.0 Å². The molecular formula is C15H16N2O3. The van der Waals surface area contributed by atoms with E-state index in [-0.39, 0.29) is 30.1 Å². The number of carbonyl (C=O) groups excluding carboxylic acids is 2. The first kappa shape index (κ1) is 14.1. The van der Waals surface area contributed by atoms with E-state index >= 15 is 0 Å². The molecule has 5 heteroatoms. The van der Waals surface area contributed by atoms with Crippen molar-refractivity contribution in [3.05, 3.63) is 30.3 Å². The van der Waals surface area contributed by atoms with Gasteiger partial charge in [0.15, 0.2) is 0 Å². The predicted molar refractivity (Wildman–Crippen MR) is 72.6 cm³/mol. The van der Waals surface area contributed by atoms with E-state index in [1.54, 1.807) is 4.90 Å². The van der Waals surface area contributed by atoms with Crippen LogP contribution in [-0.2, 0) is 14.3 Å². The summed E-state index contributed by atoms with van der Waals surface area (Å²) >= 11 is 0. The molecule has 0 heterocycles. The molecule has 0 aromatic heterocycles. The highest BCUT2D eigenvalue weighted by molar-refractivity contribution is 6.00. The minimum atomic E-state index is -0.336. The van der Waals surface area contributed by atoms with Crippen LogP contribution in [0.25, 0.3) is 0 Å². The molecule has 1 aliphatic carbocycles. The van der Waals surface area contributed by atoms with E-state index in [0.717, 1.165) is 5.69 Å². The Labute approximate surface area is 117 Å². The van der Waals surface area contributed by atoms with Gasteiger partial charge < -0.3 is 9.64 Å². The number of amides is 1. The Kier molecular flexibility index (Phi) is 4.36. The summed E-state index contributed by atoms with van der Waals surface area (Å²) in [5.41, 5.74) is 0.753. The lowest BCUT2D eigenvalue weighted by Gasteiger charge is -2.21. The summed E-state index contributed by atoms with van der Waals surface area (Å²) in [5.74, 6) is -1.10. The van der Waals surface area contributed by atoms with Crippen molar-refractivity contribution in [3.63, 3.8) is 0 Å². The zero-order chi connectivity index (χ0) is 14.5. The number of para-hydroxylation sites is 1. The first-order chi connectivity index (χ1) is 9.69. The van der Waals surface area contributed by atoms with Crippen LogP contribution >= 0.6 is 0 Å². The summed E-state index contributed by atoms with van der Waals surface area (Å²) in [4.78, 5) is 25.4. The fourth-order valence-electron chi connectivity index (χ4n) is 2.22. The number of anilines is 1. The topological polar surface area (TPSA) is 70.4 Å². The lowest BCUT2D eigenvalue weighted by molar-refractivity contribution is -0.143. The monoisotopic (exact) mass is 272 g/mol. The van der Waals surface area contributed by atoms with Crippen molar-refractivity contribution >= 4 is 17.6 Å². The van der Waals surface area contributed by atoms with Crippen molar-refractivity contribution in [1.82, 2.24) is 0 Å². The second-order valence-corrected chi connectivity index (χ2v) is 4.71. The molecule has 104 valence electrons. The highest BCUT2D eigenvalue weighted by Crippen LogP contribution is 2.41. The van der Waals surface area contributed by atoms with E-state index in [2.05, 4.69) is 4.74 Å². The van der Waals surface area contributed by atoms with Crippen LogP contribution in [0.2, 0.25) is 0 Å². The van der Waals surface area contributed by atoms with Gasteiger partial charge in [-0.1, -0.05) is 18.2 Å². The fourth-order valence-corrected chi connectivity index (χ4v) is 2.22. The largest absolute Gasteiger partial charge is 0.469 e. The highest BCUT2D eigenvalue weighted by atomic mass is 16.5. The van der Waals surface area contributed by atoms with Gasteiger partial charge in [-0.25, -0.2) is 0 Å². The third-order valence-electron chi connectivity index (χ3n) is 3.39. The van der Waals surface area contributed by atoms with Crippen molar-refractivity contribution in [3.8, 4) is 6.07 Å². The lowest BCUT2D eigenvalue weighted by Crippen LogP contribution is -2.34. The van der Waals surface area contributed by atoms with Crippen molar-refractivity contribution in [2.75, 3.05) is 18.6 Å². The van der Waals surface area contributed by atoms with Crippen LogP contribution < -0.4 is 4.90 Å². The van der Waals surface area contributed by atoms with Crippen LogP contribution in [-0.4, -0.2) is 25.5 Å². The van der Waals surface area contributed by atoms with Crippen LogP contribution in [0.4, 0.5) is 5.69 Å². The molecule has 1 fully saturated rings. The zero-order valence-electron chi connectivity index (χ0n) is 11.3. The molecule has 5 nitrogen and oxygen atoms in total. The van der Waals surface area contributed by atoms with E-state index < -0.39 is 0 Å². The van der Waals surface area contributed by atoms with Crippen molar-refractivity contribution < 1.29 is 14.3 Å². The van der Waals surface area contributed by atoms with Crippen LogP contribution in [0.1, 0.15) is 12.8 Å². The molecule has 0 radical (unpaired) electrons. The molecule has 0 bridgehead atoms. The minimum absolute atomic E-state index is 0.109. The van der Waals surface area contributed by atoms with Crippen LogP contribution in [0.5, 0.6) is 0 Å². The second kappa shape index (κ2) is 6.20. The Morgan fingerprint density at radius 3 is 2.65 bits per heavy atom. The Morgan fingerprint density at radius 2 is 2.05 bits per heavy atom. The third kappa shape index (κ3) is 2.97. The number of methoxy groups -OCH3 is 1. The molecule has 1 aliphatic rings. The molecule has 1 saturated carbocycles. The molecule has 0 saturated heterocycles. The molecule has 2 atom stereocenters. The minimum Gasteiger partial charge on any atom is -0.469 e. The van der Waals surface area contributed by atoms with Gasteiger partial charge in [-0.15, -0.1) is 0 Å². The third-order valence-corrected chi connectivity index (χ3v) is 3.39. The zero-order valence-corrected chi connectivity index (χ0v) is 11.3. The van der Waals surface area contributed by atoms with E-state index in [4.69, 9.17) is 5.26 Å². The van der Waals surface area contributed by atoms with Crippen molar-refractivity contribution in [2.24, 2.45) is 11.8 Å². The van der Waals surface area contributed by atoms with Gasteiger partial charge in [0.1, 0.15) is 0 Å². The SMILES string of the molecule is COC(=O)[C@H]1C[C@@H]1C(=O)N(CCC#N)c1ccccc1. The van der Waals surface area contributed by atoms with Crippen LogP contribution in [0, 0.1) is 23.2 Å². The molecule has 1 amide bonds. The molecule has 0 N–H and O–H groups in total. The van der Waals surface area contributed by atoms with Crippen molar-refractivity contribution in [1.29, 1.82) is 5.26 Å². The Morgan fingerprint density at radius 1 is 1.35 bits per heavy atom. The van der Waals surface area contributed by atoms with Gasteiger partial charge in [-0.05, 0) is 18.6 Å². The van der Waals surface area contributed by atoms with Gasteiger partial charge in [-0.2, -0.15) is 5.26 Å². The number of hydrogen-bond donors (Lipinski definition) is 0. The summed E-state index contributed by atoms with van der Waals surface area (Å²) < 4.78 is 4.66. The standard InChI is InChI=1S/C15H16N2O3/c1-20-15(19)13-10-12(13)14(18)17(9-5-8-16)11-6-3-2-4-7-11/h2-4,6-7,12-13H,5,9-10H2,1H3/t12-,13-/m0/s1. The average molecular weight is 272 g/mol. The van der Waals surface area contributed by atoms with Gasteiger partial charge in [0.25, 0.3) is 0 Å². The smallest absolute Gasteiger partial charge is 0.309 e. The molecule has 0 aliphatic heterocycles. The maximum Gasteiger partial charge on any atom is 0.309 e. The average Bonchev–Trinajstić information content (AvgIpc) is 3.28. The number of nitriles is 1. The summed E-state index contributed by atoms with van der Waals surface area (Å²) in [6.45, 7) is 0.337. The van der Waals surface area contributed by atoms with Crippen LogP contribution in [0.3, 0.4) is 0 Å². The first-order valence-electron chi connectivity index (χ1n) is 6.50. The maximum absolute atomic E-state index is 12.5. The molecule has 1 aromatic rings. The van der Waals surface area contributed by atoms with Crippen LogP contribution in [0.15, 0.2) is 30.3 Å². The number of carbonyl (C=O) groups is 2. The Balaban J connectivity index is 2.10. The number of benzene rings is 1. The lowest BCUT2D eigenvalue weighted by atomic mass is 10.2. The second-order valence-electron chi connectivity index (χ2n) is 4.71. The van der Waals surface area contributed by atoms with E-state index in [1.807, 2.05) is 36.4 Å². The summed E-state index contributed by atoms with van der Waals surface area (Å²) in [7, 11) is 1.33. The van der Waals surface area contributed by atoms with Gasteiger partial charge >= 0.3 is 5.97 Å². The number of esters is 1. The van der Waals surface area contributed by atoms with Gasteiger partial charge in [-0.3, -0.25) is 9.59 Å². The van der Waals surface area contributed by atoms with Gasteiger partial charge in [0, 0.05) is 12.2 Å². The Bertz CT molecular complexity index is 536. The van der Waals surface area contributed by atoms with Crippen molar-refractivity contribution in [2.45, 2.75) is 12.8 Å². The summed E-state index contributed by atoms with van der Waals surface area (Å²) in [6.07, 6.45) is 0.789. The first-order valence-corrected chi connectivity index (χ1v) is 6.50. The molecule has 0 spiro atoms. The number of rotatable bonds is 5. The van der Waals surface area contributed by atoms with Gasteiger partial charge in [0.05, 0.1) is 31.4 Å². The summed E-state index contributed by atoms with van der Waals surface area (Å²) in [5, 5.41) is 8.71. The number of hydrogen-bond acceptors (Lipinski definition) is 4. The maximum atomic E-state index is 12.5. The summed E-state index contributed by atoms with van der Waals surface area (Å²) in [6, 6.07) is 11.2. The number of nitrogens with zero attached hydrogens (tertiary/aromatic N) is 2. The van der Waals surface area contributed by atoms with E-state index in [1.165, 1.54) is 7.11 Å². The molecule has 2 rings (SSSR count). The highest BCUT2D eigenvalue weighted by Gasteiger charge is 2.50. The predicted octanol–water partition coefficient (Wildman–Crippen LogP) is 1.74. The number of ether oxygens (including phenoxy) is 1. The molecule has 1 aromatic carbocycles. The Hall–Kier alpha value is -2.35. The fraction of sp³-hybridized carbons (Fsp3) is 0.400. The molecule has 0 unspecified atom stereocenters. The van der Waals surface area contributed by atoms with E-state index in [9.17, 15) is 9.59 Å². The van der Waals surface area contributed by atoms with Gasteiger partial charge in [0.2, 0.25) is 5.91 Å². The quantitative estimate of drug-likeness (QED) is 0.765. The molecular weight excluding hydrogens is 256 g/mol.